The molecule has 0 radical (unpaired) electrons. The van der Waals surface area contributed by atoms with Crippen LogP contribution < -0.4 is 0 Å². The Kier molecular flexibility index (Phi) is 6.82. The third-order valence-electron chi connectivity index (χ3n) is 8.75. The molecule has 3 nitrogen and oxygen atoms in total. The molecule has 0 bridgehead atoms. The average Bonchev–Trinajstić information content (AvgIpc) is 3.54. The average molecular weight is 665 g/mol. The van der Waals surface area contributed by atoms with E-state index in [9.17, 15) is 0 Å². The molecule has 220 valence electrons. The molecule has 0 saturated carbocycles. The van der Waals surface area contributed by atoms with Crippen LogP contribution in [0, 0.1) is 0 Å². The Morgan fingerprint density at radius 1 is 0.319 bits per heavy atom. The molecule has 0 spiro atoms. The van der Waals surface area contributed by atoms with Gasteiger partial charge < -0.3 is 0 Å². The molecular weight excluding hydrogens is 637 g/mol. The Bertz CT molecular complexity index is 2500. The van der Waals surface area contributed by atoms with Crippen LogP contribution in [0.25, 0.3) is 86.5 Å². The van der Waals surface area contributed by atoms with Crippen LogP contribution in [0.3, 0.4) is 0 Å². The van der Waals surface area contributed by atoms with Crippen LogP contribution in [0.1, 0.15) is 0 Å². The van der Waals surface area contributed by atoms with Crippen LogP contribution in [-0.2, 0) is 0 Å². The number of nitrogens with zero attached hydrogens (tertiary/aromatic N) is 3. The van der Waals surface area contributed by atoms with Crippen LogP contribution in [0.5, 0.6) is 0 Å². The van der Waals surface area contributed by atoms with E-state index in [4.69, 9.17) is 15.0 Å². The van der Waals surface area contributed by atoms with Crippen LogP contribution in [0.4, 0.5) is 0 Å². The number of fused-ring (bicyclic) bond motifs is 4. The predicted octanol–water partition coefficient (Wildman–Crippen LogP) is 10.7. The van der Waals surface area contributed by atoms with E-state index >= 15 is 0 Å². The quantitative estimate of drug-likeness (QED) is 0.172. The molecule has 0 saturated heterocycles. The summed E-state index contributed by atoms with van der Waals surface area (Å²) >= 11 is 0.230. The van der Waals surface area contributed by atoms with Crippen molar-refractivity contribution in [2.24, 2.45) is 0 Å². The minimum absolute atomic E-state index is 0.230. The zero-order valence-corrected chi connectivity index (χ0v) is 27.1. The fourth-order valence-corrected chi connectivity index (χ4v) is 9.07. The molecule has 0 atom stereocenters. The molecule has 47 heavy (non-hydrogen) atoms. The maximum absolute atomic E-state index is 5.06. The van der Waals surface area contributed by atoms with Crippen LogP contribution >= 0.6 is 0 Å². The van der Waals surface area contributed by atoms with Crippen molar-refractivity contribution >= 4 is 44.6 Å². The summed E-state index contributed by atoms with van der Waals surface area (Å²) in [4.78, 5) is 15.0. The summed E-state index contributed by atoms with van der Waals surface area (Å²) in [6.45, 7) is 0. The van der Waals surface area contributed by atoms with E-state index in [0.29, 0.717) is 17.5 Å². The van der Waals surface area contributed by atoms with Gasteiger partial charge in [-0.1, -0.05) is 12.1 Å². The number of hydrogen-bond acceptors (Lipinski definition) is 3. The van der Waals surface area contributed by atoms with Gasteiger partial charge in [0.2, 0.25) is 0 Å². The molecule has 7 aromatic carbocycles. The Hall–Kier alpha value is -5.67. The molecule has 9 rings (SSSR count). The molecule has 0 amide bonds. The molecule has 0 aliphatic carbocycles. The summed E-state index contributed by atoms with van der Waals surface area (Å²) in [6.07, 6.45) is 0. The van der Waals surface area contributed by atoms with E-state index < -0.39 is 0 Å². The van der Waals surface area contributed by atoms with Gasteiger partial charge in [0.25, 0.3) is 0 Å². The summed E-state index contributed by atoms with van der Waals surface area (Å²) < 4.78 is 2.89. The Balaban J connectivity index is 1.31. The first-order valence-corrected chi connectivity index (χ1v) is 17.4. The second kappa shape index (κ2) is 11.6. The normalized spacial score (nSPS) is 11.4. The summed E-state index contributed by atoms with van der Waals surface area (Å²) in [5.74, 6) is 1.98. The molecule has 2 aromatic heterocycles. The van der Waals surface area contributed by atoms with Crippen molar-refractivity contribution in [1.82, 2.24) is 15.0 Å². The fraction of sp³-hybridized carbons (Fsp3) is 0. The van der Waals surface area contributed by atoms with E-state index in [0.717, 1.165) is 16.7 Å². The first-order chi connectivity index (χ1) is 23.3. The number of hydrogen-bond donors (Lipinski definition) is 0. The number of benzene rings is 7. The number of aromatic nitrogens is 3. The van der Waals surface area contributed by atoms with Crippen LogP contribution in [0.2, 0.25) is 0 Å². The predicted molar refractivity (Wildman–Crippen MR) is 196 cm³/mol. The molecule has 0 aliphatic heterocycles. The molecular formula is C43H27N3Se. The van der Waals surface area contributed by atoms with Crippen molar-refractivity contribution in [3.63, 3.8) is 0 Å². The van der Waals surface area contributed by atoms with Gasteiger partial charge in [0, 0.05) is 0 Å². The minimum atomic E-state index is 0.230. The van der Waals surface area contributed by atoms with Gasteiger partial charge in [0.15, 0.2) is 0 Å². The van der Waals surface area contributed by atoms with Gasteiger partial charge in [-0.2, -0.15) is 0 Å². The van der Waals surface area contributed by atoms with E-state index in [1.54, 1.807) is 0 Å². The molecule has 9 aromatic rings. The Morgan fingerprint density at radius 3 is 1.55 bits per heavy atom. The third kappa shape index (κ3) is 4.96. The van der Waals surface area contributed by atoms with Gasteiger partial charge in [-0.25, -0.2) is 0 Å². The molecule has 0 fully saturated rings. The number of rotatable bonds is 5. The summed E-state index contributed by atoms with van der Waals surface area (Å²) in [5.41, 5.74) is 7.82. The van der Waals surface area contributed by atoms with Crippen molar-refractivity contribution in [2.45, 2.75) is 0 Å². The van der Waals surface area contributed by atoms with Gasteiger partial charge >= 0.3 is 268 Å². The van der Waals surface area contributed by atoms with Crippen molar-refractivity contribution in [2.75, 3.05) is 0 Å². The van der Waals surface area contributed by atoms with Crippen molar-refractivity contribution in [1.29, 1.82) is 0 Å². The molecule has 0 aliphatic rings. The SMILES string of the molecule is c1ccc(-c2nc(-c3ccccc3)nc(-c3ccc4c(-c5ccccc5)ccc(-c5cccc6c5[se]c5ccccc56)c4c3)n2)cc1. The van der Waals surface area contributed by atoms with Gasteiger partial charge in [-0.05, 0) is 0 Å². The first-order valence-electron chi connectivity index (χ1n) is 15.7. The van der Waals surface area contributed by atoms with Crippen molar-refractivity contribution in [3.8, 4) is 56.4 Å². The first kappa shape index (κ1) is 27.6. The molecule has 0 N–H and O–H groups in total. The van der Waals surface area contributed by atoms with E-state index in [2.05, 4.69) is 103 Å². The fourth-order valence-electron chi connectivity index (χ4n) is 6.49. The van der Waals surface area contributed by atoms with Crippen molar-refractivity contribution in [3.05, 3.63) is 164 Å². The van der Waals surface area contributed by atoms with Crippen LogP contribution in [0.15, 0.2) is 164 Å². The topological polar surface area (TPSA) is 38.7 Å². The van der Waals surface area contributed by atoms with Gasteiger partial charge in [-0.15, -0.1) is 0 Å². The summed E-state index contributed by atoms with van der Waals surface area (Å²) in [5, 5.41) is 5.11. The van der Waals surface area contributed by atoms with Crippen molar-refractivity contribution < 1.29 is 0 Å². The standard InChI is InChI=1S/C43H27N3Se/c1-4-13-28(14-5-1)32-25-26-34(36-20-12-21-37-35-19-10-11-22-39(35)47-40(36)37)38-27-31(23-24-33(32)38)43-45-41(29-15-6-2-7-16-29)44-42(46-43)30-17-8-3-9-18-30/h1-27H. The zero-order chi connectivity index (χ0) is 31.2. The summed E-state index contributed by atoms with van der Waals surface area (Å²) in [6, 6.07) is 57.9. The van der Waals surface area contributed by atoms with Gasteiger partial charge in [0.1, 0.15) is 0 Å². The Morgan fingerprint density at radius 2 is 0.872 bits per heavy atom. The molecule has 0 unspecified atom stereocenters. The van der Waals surface area contributed by atoms with Crippen LogP contribution in [-0.4, -0.2) is 29.5 Å². The monoisotopic (exact) mass is 665 g/mol. The van der Waals surface area contributed by atoms with E-state index in [-0.39, 0.29) is 14.5 Å². The Labute approximate surface area is 278 Å². The molecule has 4 heteroatoms. The van der Waals surface area contributed by atoms with E-state index in [1.807, 2.05) is 60.7 Å². The second-order valence-electron chi connectivity index (χ2n) is 11.6. The summed E-state index contributed by atoms with van der Waals surface area (Å²) in [7, 11) is 0. The third-order valence-corrected chi connectivity index (χ3v) is 11.3. The second-order valence-corrected chi connectivity index (χ2v) is 13.8. The van der Waals surface area contributed by atoms with E-state index in [1.165, 1.54) is 52.3 Å². The van der Waals surface area contributed by atoms with Gasteiger partial charge in [0.05, 0.1) is 0 Å². The molecule has 2 heterocycles. The zero-order valence-electron chi connectivity index (χ0n) is 25.3. The van der Waals surface area contributed by atoms with Gasteiger partial charge in [-0.3, -0.25) is 0 Å². The maximum atomic E-state index is 5.06.